The number of hydrogen-bond donors (Lipinski definition) is 2. The fourth-order valence-corrected chi connectivity index (χ4v) is 3.87. The molecule has 2 aliphatic rings. The van der Waals surface area contributed by atoms with E-state index in [0.29, 0.717) is 13.2 Å². The molecule has 0 bridgehead atoms. The molecule has 2 fully saturated rings. The first-order valence-corrected chi connectivity index (χ1v) is 8.83. The summed E-state index contributed by atoms with van der Waals surface area (Å²) in [4.78, 5) is 2.37. The lowest BCUT2D eigenvalue weighted by Gasteiger charge is -2.27. The van der Waals surface area contributed by atoms with Gasteiger partial charge in [-0.05, 0) is 25.8 Å². The molecule has 1 atom stereocenters. The Morgan fingerprint density at radius 3 is 2.79 bits per heavy atom. The van der Waals surface area contributed by atoms with Crippen LogP contribution in [0.25, 0.3) is 0 Å². The van der Waals surface area contributed by atoms with Crippen molar-refractivity contribution in [3.05, 3.63) is 0 Å². The molecule has 0 aromatic rings. The first-order valence-electron chi connectivity index (χ1n) is 7.18. The van der Waals surface area contributed by atoms with E-state index in [4.69, 9.17) is 4.74 Å². The molecule has 0 saturated carbocycles. The number of sulfonamides is 1. The summed E-state index contributed by atoms with van der Waals surface area (Å²) in [5.74, 6) is 0.112. The van der Waals surface area contributed by atoms with Crippen LogP contribution in [-0.4, -0.2) is 71.0 Å². The van der Waals surface area contributed by atoms with Crippen LogP contribution in [-0.2, 0) is 14.8 Å². The van der Waals surface area contributed by atoms with Crippen molar-refractivity contribution in [3.63, 3.8) is 0 Å². The highest BCUT2D eigenvalue weighted by atomic mass is 32.2. The number of nitrogens with zero attached hydrogens (tertiary/aromatic N) is 1. The average Bonchev–Trinajstić information content (AvgIpc) is 2.88. The third kappa shape index (κ3) is 5.74. The van der Waals surface area contributed by atoms with Crippen molar-refractivity contribution in [2.24, 2.45) is 0 Å². The maximum Gasteiger partial charge on any atom is 0.214 e. The standard InChI is InChI=1S/C12H25N3O3S/c16-19(17,11-12-3-1-10-18-12)14-4-2-7-15-8-5-13-6-9-15/h12-14H,1-11H2. The molecule has 1 unspecified atom stereocenters. The van der Waals surface area contributed by atoms with Crippen molar-refractivity contribution in [2.75, 3.05) is 51.6 Å². The molecule has 7 heteroatoms. The minimum Gasteiger partial charge on any atom is -0.377 e. The molecule has 19 heavy (non-hydrogen) atoms. The largest absolute Gasteiger partial charge is 0.377 e. The predicted molar refractivity (Wildman–Crippen MR) is 74.7 cm³/mol. The second-order valence-corrected chi connectivity index (χ2v) is 7.11. The Balaban J connectivity index is 1.58. The third-order valence-corrected chi connectivity index (χ3v) is 5.07. The molecule has 0 aromatic carbocycles. The number of rotatable bonds is 7. The van der Waals surface area contributed by atoms with Gasteiger partial charge < -0.3 is 15.0 Å². The first-order chi connectivity index (χ1) is 9.16. The SMILES string of the molecule is O=S(=O)(CC1CCCO1)NCCCN1CCNCC1. The van der Waals surface area contributed by atoms with Crippen LogP contribution in [0.15, 0.2) is 0 Å². The van der Waals surface area contributed by atoms with Gasteiger partial charge in [0, 0.05) is 39.3 Å². The van der Waals surface area contributed by atoms with E-state index in [-0.39, 0.29) is 11.9 Å². The Labute approximate surface area is 115 Å². The van der Waals surface area contributed by atoms with Crippen molar-refractivity contribution >= 4 is 10.0 Å². The fourth-order valence-electron chi connectivity index (χ4n) is 2.54. The quantitative estimate of drug-likeness (QED) is 0.612. The van der Waals surface area contributed by atoms with E-state index in [9.17, 15) is 8.42 Å². The fraction of sp³-hybridized carbons (Fsp3) is 1.00. The van der Waals surface area contributed by atoms with Gasteiger partial charge in [-0.2, -0.15) is 0 Å². The molecule has 2 N–H and O–H groups in total. The summed E-state index contributed by atoms with van der Waals surface area (Å²) in [6.07, 6.45) is 2.60. The van der Waals surface area contributed by atoms with Gasteiger partial charge in [0.15, 0.2) is 0 Å². The van der Waals surface area contributed by atoms with Gasteiger partial charge in [0.1, 0.15) is 0 Å². The lowest BCUT2D eigenvalue weighted by atomic mass is 10.3. The third-order valence-electron chi connectivity index (χ3n) is 3.61. The molecule has 2 saturated heterocycles. The number of nitrogens with one attached hydrogen (secondary N) is 2. The van der Waals surface area contributed by atoms with Crippen LogP contribution in [0.4, 0.5) is 0 Å². The maximum absolute atomic E-state index is 11.8. The van der Waals surface area contributed by atoms with Crippen LogP contribution < -0.4 is 10.0 Å². The molecule has 0 aromatic heterocycles. The van der Waals surface area contributed by atoms with Crippen molar-refractivity contribution in [1.82, 2.24) is 14.9 Å². The second kappa shape index (κ2) is 7.54. The Morgan fingerprint density at radius 1 is 1.32 bits per heavy atom. The normalized spacial score (nSPS) is 25.8. The maximum atomic E-state index is 11.8. The van der Waals surface area contributed by atoms with Crippen LogP contribution in [0.1, 0.15) is 19.3 Å². The Kier molecular flexibility index (Phi) is 6.03. The number of hydrogen-bond acceptors (Lipinski definition) is 5. The molecule has 2 aliphatic heterocycles. The molecule has 0 spiro atoms. The molecular weight excluding hydrogens is 266 g/mol. The minimum absolute atomic E-state index is 0.106. The molecule has 6 nitrogen and oxygen atoms in total. The Hall–Kier alpha value is -0.210. The molecule has 0 radical (unpaired) electrons. The first kappa shape index (κ1) is 15.2. The lowest BCUT2D eigenvalue weighted by molar-refractivity contribution is 0.127. The van der Waals surface area contributed by atoms with Gasteiger partial charge in [0.2, 0.25) is 10.0 Å². The average molecular weight is 291 g/mol. The van der Waals surface area contributed by atoms with Crippen molar-refractivity contribution in [1.29, 1.82) is 0 Å². The highest BCUT2D eigenvalue weighted by Gasteiger charge is 2.22. The van der Waals surface area contributed by atoms with E-state index in [1.165, 1.54) is 0 Å². The van der Waals surface area contributed by atoms with Crippen molar-refractivity contribution in [3.8, 4) is 0 Å². The van der Waals surface area contributed by atoms with Crippen LogP contribution in [0.3, 0.4) is 0 Å². The second-order valence-electron chi connectivity index (χ2n) is 5.26. The summed E-state index contributed by atoms with van der Waals surface area (Å²) in [7, 11) is -3.17. The van der Waals surface area contributed by atoms with E-state index in [1.54, 1.807) is 0 Å². The van der Waals surface area contributed by atoms with Gasteiger partial charge >= 0.3 is 0 Å². The summed E-state index contributed by atoms with van der Waals surface area (Å²) >= 11 is 0. The monoisotopic (exact) mass is 291 g/mol. The van der Waals surface area contributed by atoms with E-state index in [0.717, 1.165) is 52.0 Å². The highest BCUT2D eigenvalue weighted by Crippen LogP contribution is 2.13. The smallest absolute Gasteiger partial charge is 0.214 e. The number of piperazine rings is 1. The van der Waals surface area contributed by atoms with Gasteiger partial charge in [-0.1, -0.05) is 0 Å². The zero-order valence-electron chi connectivity index (χ0n) is 11.4. The minimum atomic E-state index is -3.17. The summed E-state index contributed by atoms with van der Waals surface area (Å²) in [6.45, 7) is 6.37. The molecular formula is C12H25N3O3S. The summed E-state index contributed by atoms with van der Waals surface area (Å²) < 4.78 is 31.7. The van der Waals surface area contributed by atoms with Crippen molar-refractivity contribution in [2.45, 2.75) is 25.4 Å². The highest BCUT2D eigenvalue weighted by molar-refractivity contribution is 7.89. The summed E-state index contributed by atoms with van der Waals surface area (Å²) in [5.41, 5.74) is 0. The topological polar surface area (TPSA) is 70.7 Å². The van der Waals surface area contributed by atoms with Crippen LogP contribution in [0, 0.1) is 0 Å². The molecule has 2 heterocycles. The summed E-state index contributed by atoms with van der Waals surface area (Å²) in [6, 6.07) is 0. The zero-order chi connectivity index (χ0) is 13.6. The van der Waals surface area contributed by atoms with Crippen LogP contribution in [0.5, 0.6) is 0 Å². The van der Waals surface area contributed by atoms with Gasteiger partial charge in [-0.15, -0.1) is 0 Å². The molecule has 0 aliphatic carbocycles. The molecule has 112 valence electrons. The van der Waals surface area contributed by atoms with Crippen molar-refractivity contribution < 1.29 is 13.2 Å². The lowest BCUT2D eigenvalue weighted by Crippen LogP contribution is -2.44. The summed E-state index contributed by atoms with van der Waals surface area (Å²) in [5, 5.41) is 3.30. The Morgan fingerprint density at radius 2 is 2.11 bits per heavy atom. The van der Waals surface area contributed by atoms with E-state index < -0.39 is 10.0 Å². The molecule has 0 amide bonds. The van der Waals surface area contributed by atoms with Gasteiger partial charge in [0.05, 0.1) is 11.9 Å². The van der Waals surface area contributed by atoms with Gasteiger partial charge in [-0.25, -0.2) is 13.1 Å². The van der Waals surface area contributed by atoms with Crippen LogP contribution in [0.2, 0.25) is 0 Å². The van der Waals surface area contributed by atoms with Gasteiger partial charge in [0.25, 0.3) is 0 Å². The van der Waals surface area contributed by atoms with E-state index in [1.807, 2.05) is 0 Å². The predicted octanol–water partition coefficient (Wildman–Crippen LogP) is -0.620. The van der Waals surface area contributed by atoms with Crippen LogP contribution >= 0.6 is 0 Å². The van der Waals surface area contributed by atoms with E-state index >= 15 is 0 Å². The number of ether oxygens (including phenoxy) is 1. The zero-order valence-corrected chi connectivity index (χ0v) is 12.3. The molecule has 2 rings (SSSR count). The van der Waals surface area contributed by atoms with E-state index in [2.05, 4.69) is 14.9 Å². The Bertz CT molecular complexity index is 349. The van der Waals surface area contributed by atoms with Gasteiger partial charge in [-0.3, -0.25) is 0 Å².